The number of carboxylic acids is 1. The van der Waals surface area contributed by atoms with Crippen LogP contribution < -0.4 is 0 Å². The summed E-state index contributed by atoms with van der Waals surface area (Å²) in [6, 6.07) is 0. The maximum absolute atomic E-state index is 12.3. The molecule has 0 aromatic carbocycles. The first kappa shape index (κ1) is 24.1. The average Bonchev–Trinajstić information content (AvgIpc) is 3.37. The van der Waals surface area contributed by atoms with E-state index in [1.54, 1.807) is 0 Å². The van der Waals surface area contributed by atoms with Gasteiger partial charge in [-0.05, 0) is 111 Å². The molecule has 0 radical (unpaired) electrons. The number of carbonyl (C=O) groups is 2. The van der Waals surface area contributed by atoms with Gasteiger partial charge in [-0.15, -0.1) is 0 Å². The predicted molar refractivity (Wildman–Crippen MR) is 133 cm³/mol. The molecule has 5 aliphatic rings. The van der Waals surface area contributed by atoms with Crippen LogP contribution in [0.25, 0.3) is 0 Å². The first-order chi connectivity index (χ1) is 15.9. The lowest BCUT2D eigenvalue weighted by atomic mass is 9.43. The first-order valence-electron chi connectivity index (χ1n) is 13.7. The van der Waals surface area contributed by atoms with Gasteiger partial charge in [-0.3, -0.25) is 4.79 Å². The molecule has 34 heavy (non-hydrogen) atoms. The number of hydrogen-bond acceptors (Lipinski definition) is 3. The number of cyclic esters (lactones) is 1. The number of fused-ring (bicyclic) bond motifs is 2. The van der Waals surface area contributed by atoms with E-state index in [4.69, 9.17) is 4.74 Å². The lowest BCUT2D eigenvalue weighted by Gasteiger charge is -2.61. The summed E-state index contributed by atoms with van der Waals surface area (Å²) >= 11 is 0. The summed E-state index contributed by atoms with van der Waals surface area (Å²) in [4.78, 5) is 23.9. The highest BCUT2D eigenvalue weighted by molar-refractivity contribution is 5.88. The van der Waals surface area contributed by atoms with Crippen molar-refractivity contribution in [2.45, 2.75) is 105 Å². The second-order valence-electron chi connectivity index (χ2n) is 13.3. The molecule has 0 aromatic heterocycles. The molecule has 5 rings (SSSR count). The quantitative estimate of drug-likeness (QED) is 0.339. The molecule has 0 unspecified atom stereocenters. The van der Waals surface area contributed by atoms with E-state index in [1.165, 1.54) is 44.1 Å². The highest BCUT2D eigenvalue weighted by Gasteiger charge is 2.80. The zero-order valence-electron chi connectivity index (χ0n) is 21.9. The van der Waals surface area contributed by atoms with E-state index >= 15 is 0 Å². The number of ether oxygens (including phenoxy) is 1. The molecule has 4 saturated carbocycles. The summed E-state index contributed by atoms with van der Waals surface area (Å²) in [5.74, 6) is 1.26. The maximum atomic E-state index is 12.3. The molecule has 0 aromatic rings. The lowest BCUT2D eigenvalue weighted by Crippen LogP contribution is -2.55. The molecule has 4 nitrogen and oxygen atoms in total. The smallest absolute Gasteiger partial charge is 0.333 e. The minimum Gasteiger partial charge on any atom is -0.481 e. The first-order valence-corrected chi connectivity index (χ1v) is 13.7. The third kappa shape index (κ3) is 3.02. The molecule has 0 amide bonds. The Labute approximate surface area is 205 Å². The van der Waals surface area contributed by atoms with Crippen LogP contribution in [-0.4, -0.2) is 23.1 Å². The summed E-state index contributed by atoms with van der Waals surface area (Å²) in [7, 11) is 0. The SMILES string of the molecule is C=C(C)[C@H]1CC[C@@H]2[C@]3(CC[C@]4(C)[C@@H]([C@H](C)[C@H]5CC=C(C)C(=O)O5)CC[C@@]24C)C[C@]13CCC(=O)O. The van der Waals surface area contributed by atoms with Crippen LogP contribution in [0.5, 0.6) is 0 Å². The van der Waals surface area contributed by atoms with Gasteiger partial charge >= 0.3 is 11.9 Å². The predicted octanol–water partition coefficient (Wildman–Crippen LogP) is 6.94. The Hall–Kier alpha value is -1.58. The summed E-state index contributed by atoms with van der Waals surface area (Å²) in [6.07, 6.45) is 12.5. The van der Waals surface area contributed by atoms with Crippen molar-refractivity contribution in [3.05, 3.63) is 23.8 Å². The molecular weight excluding hydrogens is 424 g/mol. The van der Waals surface area contributed by atoms with Crippen LogP contribution in [0.15, 0.2) is 23.8 Å². The Kier molecular flexibility index (Phi) is 5.47. The zero-order chi connectivity index (χ0) is 24.7. The molecule has 188 valence electrons. The van der Waals surface area contributed by atoms with Gasteiger partial charge < -0.3 is 9.84 Å². The van der Waals surface area contributed by atoms with E-state index in [9.17, 15) is 14.7 Å². The molecule has 1 N–H and O–H groups in total. The van der Waals surface area contributed by atoms with E-state index in [1.807, 2.05) is 6.92 Å². The number of rotatable bonds is 6. The molecule has 4 fully saturated rings. The van der Waals surface area contributed by atoms with Gasteiger partial charge in [0, 0.05) is 18.4 Å². The zero-order valence-corrected chi connectivity index (χ0v) is 21.9. The standard InChI is InChI=1S/C30H44O4/c1-18(2)21-8-10-24-28(6)13-11-22(20(4)23-9-7-19(3)26(33)34-23)27(28,5)15-16-30(24)17-29(21,30)14-12-25(31)32/h7,20-24H,1,8-17H2,2-6H3,(H,31,32)/t20-,21+,22+,23+,24-,27+,28-,29+,30-/m0/s1. The third-order valence-corrected chi connectivity index (χ3v) is 12.4. The van der Waals surface area contributed by atoms with Crippen molar-refractivity contribution in [2.24, 2.45) is 45.3 Å². The number of allylic oxidation sites excluding steroid dienone is 1. The molecule has 1 heterocycles. The van der Waals surface area contributed by atoms with E-state index in [0.717, 1.165) is 24.8 Å². The van der Waals surface area contributed by atoms with Gasteiger partial charge in [-0.25, -0.2) is 4.79 Å². The molecule has 1 spiro atoms. The number of carbonyl (C=O) groups excluding carboxylic acids is 1. The Morgan fingerprint density at radius 1 is 1.21 bits per heavy atom. The lowest BCUT2D eigenvalue weighted by molar-refractivity contribution is -0.155. The minimum atomic E-state index is -0.660. The van der Waals surface area contributed by atoms with Gasteiger partial charge in [0.15, 0.2) is 0 Å². The van der Waals surface area contributed by atoms with Gasteiger partial charge in [0.1, 0.15) is 6.10 Å². The van der Waals surface area contributed by atoms with Crippen LogP contribution in [-0.2, 0) is 14.3 Å². The fourth-order valence-corrected chi connectivity index (χ4v) is 10.4. The second-order valence-corrected chi connectivity index (χ2v) is 13.3. The number of hydrogen-bond donors (Lipinski definition) is 1. The summed E-state index contributed by atoms with van der Waals surface area (Å²) in [5, 5.41) is 9.53. The van der Waals surface area contributed by atoms with Crippen molar-refractivity contribution >= 4 is 11.9 Å². The van der Waals surface area contributed by atoms with Crippen LogP contribution in [0.2, 0.25) is 0 Å². The van der Waals surface area contributed by atoms with Gasteiger partial charge in [0.05, 0.1) is 0 Å². The molecule has 9 atom stereocenters. The van der Waals surface area contributed by atoms with Gasteiger partial charge in [0.2, 0.25) is 0 Å². The van der Waals surface area contributed by atoms with E-state index < -0.39 is 5.97 Å². The molecule has 0 bridgehead atoms. The number of esters is 1. The summed E-state index contributed by atoms with van der Waals surface area (Å²) in [5.41, 5.74) is 2.95. The Morgan fingerprint density at radius 2 is 1.94 bits per heavy atom. The molecular formula is C30H44O4. The fourth-order valence-electron chi connectivity index (χ4n) is 10.4. The Bertz CT molecular complexity index is 949. The van der Waals surface area contributed by atoms with Crippen LogP contribution in [0.3, 0.4) is 0 Å². The summed E-state index contributed by atoms with van der Waals surface area (Å²) < 4.78 is 5.90. The monoisotopic (exact) mass is 468 g/mol. The molecule has 0 saturated heterocycles. The largest absolute Gasteiger partial charge is 0.481 e. The minimum absolute atomic E-state index is 0.00834. The third-order valence-electron chi connectivity index (χ3n) is 12.4. The van der Waals surface area contributed by atoms with E-state index in [-0.39, 0.29) is 34.7 Å². The molecule has 1 aliphatic heterocycles. The van der Waals surface area contributed by atoms with Gasteiger partial charge in [0.25, 0.3) is 0 Å². The van der Waals surface area contributed by atoms with Crippen LogP contribution in [0, 0.1) is 45.3 Å². The van der Waals surface area contributed by atoms with Crippen LogP contribution in [0.1, 0.15) is 98.8 Å². The van der Waals surface area contributed by atoms with Crippen molar-refractivity contribution in [2.75, 3.05) is 0 Å². The number of carboxylic acid groups (broad SMARTS) is 1. The average molecular weight is 469 g/mol. The topological polar surface area (TPSA) is 63.6 Å². The van der Waals surface area contributed by atoms with Crippen molar-refractivity contribution in [3.8, 4) is 0 Å². The second kappa shape index (κ2) is 7.71. The van der Waals surface area contributed by atoms with Gasteiger partial charge in [-0.2, -0.15) is 0 Å². The highest BCUT2D eigenvalue weighted by Crippen LogP contribution is 2.87. The van der Waals surface area contributed by atoms with Crippen LogP contribution >= 0.6 is 0 Å². The highest BCUT2D eigenvalue weighted by atomic mass is 16.5. The Balaban J connectivity index is 1.43. The van der Waals surface area contributed by atoms with Crippen molar-refractivity contribution < 1.29 is 19.4 Å². The van der Waals surface area contributed by atoms with E-state index in [2.05, 4.69) is 40.3 Å². The maximum Gasteiger partial charge on any atom is 0.333 e. The van der Waals surface area contributed by atoms with E-state index in [0.29, 0.717) is 29.1 Å². The molecule has 4 heteroatoms. The van der Waals surface area contributed by atoms with Crippen molar-refractivity contribution in [3.63, 3.8) is 0 Å². The fraction of sp³-hybridized carbons (Fsp3) is 0.800. The van der Waals surface area contributed by atoms with Gasteiger partial charge in [-0.1, -0.05) is 39.0 Å². The van der Waals surface area contributed by atoms with Crippen molar-refractivity contribution in [1.82, 2.24) is 0 Å². The normalized spacial score (nSPS) is 48.0. The molecule has 4 aliphatic carbocycles. The van der Waals surface area contributed by atoms with Crippen LogP contribution in [0.4, 0.5) is 0 Å². The summed E-state index contributed by atoms with van der Waals surface area (Å²) in [6.45, 7) is 15.8. The number of aliphatic carboxylic acids is 1. The Morgan fingerprint density at radius 3 is 2.59 bits per heavy atom. The van der Waals surface area contributed by atoms with Crippen molar-refractivity contribution in [1.29, 1.82) is 0 Å².